The number of aliphatic carboxylic acids is 1. The Hall–Kier alpha value is -0.700. The van der Waals surface area contributed by atoms with Gasteiger partial charge in [0.15, 0.2) is 0 Å². The molecule has 1 amide bonds. The van der Waals surface area contributed by atoms with Gasteiger partial charge in [-0.15, -0.1) is 0 Å². The number of amides is 1. The summed E-state index contributed by atoms with van der Waals surface area (Å²) in [6.45, 7) is 0.189. The molecule has 0 bridgehead atoms. The molecule has 5 nitrogen and oxygen atoms in total. The quantitative estimate of drug-likeness (QED) is 0.597. The minimum atomic E-state index is -0.939. The van der Waals surface area contributed by atoms with Gasteiger partial charge in [0, 0.05) is 16.5 Å². The fourth-order valence-corrected chi connectivity index (χ4v) is 2.27. The molecule has 1 aromatic heterocycles. The molecule has 90 valence electrons. The minimum Gasteiger partial charge on any atom is -0.481 e. The lowest BCUT2D eigenvalue weighted by atomic mass is 10.1. The molecule has 1 fully saturated rings. The highest BCUT2D eigenvalue weighted by Gasteiger charge is 2.35. The molecule has 1 atom stereocenters. The standard InChI is InChI=1S/C10H8BrIN2O3/c11-9-6(12)1-2-7(13-9)14-4-5(10(16)17)3-8(14)15/h1-2,5H,3-4H2,(H,16,17). The monoisotopic (exact) mass is 410 g/mol. The van der Waals surface area contributed by atoms with Crippen LogP contribution < -0.4 is 4.90 Å². The van der Waals surface area contributed by atoms with E-state index >= 15 is 0 Å². The predicted molar refractivity (Wildman–Crippen MR) is 72.7 cm³/mol. The zero-order valence-corrected chi connectivity index (χ0v) is 12.3. The zero-order valence-electron chi connectivity index (χ0n) is 8.56. The van der Waals surface area contributed by atoms with E-state index in [4.69, 9.17) is 5.11 Å². The van der Waals surface area contributed by atoms with Crippen molar-refractivity contribution >= 4 is 56.2 Å². The lowest BCUT2D eigenvalue weighted by Crippen LogP contribution is -2.26. The number of aromatic nitrogens is 1. The van der Waals surface area contributed by atoms with E-state index < -0.39 is 11.9 Å². The summed E-state index contributed by atoms with van der Waals surface area (Å²) in [6.07, 6.45) is 0.0423. The number of anilines is 1. The van der Waals surface area contributed by atoms with Crippen molar-refractivity contribution in [3.8, 4) is 0 Å². The van der Waals surface area contributed by atoms with E-state index in [0.29, 0.717) is 10.4 Å². The van der Waals surface area contributed by atoms with Crippen molar-refractivity contribution in [2.75, 3.05) is 11.4 Å². The van der Waals surface area contributed by atoms with Crippen LogP contribution in [0.1, 0.15) is 6.42 Å². The van der Waals surface area contributed by atoms with Crippen LogP contribution in [0.4, 0.5) is 5.82 Å². The largest absolute Gasteiger partial charge is 0.481 e. The summed E-state index contributed by atoms with van der Waals surface area (Å²) in [5.41, 5.74) is 0. The van der Waals surface area contributed by atoms with Crippen molar-refractivity contribution in [3.05, 3.63) is 20.3 Å². The summed E-state index contributed by atoms with van der Waals surface area (Å²) < 4.78 is 1.59. The second kappa shape index (κ2) is 4.89. The molecule has 0 radical (unpaired) electrons. The maximum Gasteiger partial charge on any atom is 0.308 e. The molecule has 1 aromatic rings. The number of rotatable bonds is 2. The number of nitrogens with zero attached hydrogens (tertiary/aromatic N) is 2. The molecule has 0 saturated carbocycles. The SMILES string of the molecule is O=C(O)C1CC(=O)N(c2ccc(I)c(Br)n2)C1. The molecule has 17 heavy (non-hydrogen) atoms. The summed E-state index contributed by atoms with van der Waals surface area (Å²) in [5, 5.41) is 8.88. The Labute approximate surface area is 119 Å². The summed E-state index contributed by atoms with van der Waals surface area (Å²) in [7, 11) is 0. The Bertz CT molecular complexity index is 494. The summed E-state index contributed by atoms with van der Waals surface area (Å²) in [5.74, 6) is -1.28. The van der Waals surface area contributed by atoms with Gasteiger partial charge in [-0.1, -0.05) is 0 Å². The van der Waals surface area contributed by atoms with Crippen LogP contribution in [-0.4, -0.2) is 28.5 Å². The van der Waals surface area contributed by atoms with Crippen molar-refractivity contribution in [3.63, 3.8) is 0 Å². The third-order valence-electron chi connectivity index (χ3n) is 2.54. The van der Waals surface area contributed by atoms with Crippen LogP contribution in [0.3, 0.4) is 0 Å². The molecule has 1 aliphatic rings. The smallest absolute Gasteiger partial charge is 0.308 e. The zero-order chi connectivity index (χ0) is 12.6. The first kappa shape index (κ1) is 12.7. The van der Waals surface area contributed by atoms with E-state index in [1.165, 1.54) is 4.90 Å². The Kier molecular flexibility index (Phi) is 3.67. The number of pyridine rings is 1. The number of halogens is 2. The maximum atomic E-state index is 11.7. The van der Waals surface area contributed by atoms with E-state index in [9.17, 15) is 9.59 Å². The van der Waals surface area contributed by atoms with Crippen LogP contribution in [0.25, 0.3) is 0 Å². The van der Waals surface area contributed by atoms with Gasteiger partial charge in [0.05, 0.1) is 5.92 Å². The average molecular weight is 411 g/mol. The van der Waals surface area contributed by atoms with Gasteiger partial charge in [-0.25, -0.2) is 4.98 Å². The molecule has 1 saturated heterocycles. The minimum absolute atomic E-state index is 0.0423. The van der Waals surface area contributed by atoms with E-state index in [2.05, 4.69) is 43.5 Å². The molecule has 1 unspecified atom stereocenters. The number of carboxylic acids is 1. The molecular weight excluding hydrogens is 403 g/mol. The third-order valence-corrected chi connectivity index (χ3v) is 4.76. The lowest BCUT2D eigenvalue weighted by Gasteiger charge is -2.15. The van der Waals surface area contributed by atoms with Gasteiger partial charge in [-0.2, -0.15) is 0 Å². The van der Waals surface area contributed by atoms with Crippen molar-refractivity contribution in [2.45, 2.75) is 6.42 Å². The maximum absolute atomic E-state index is 11.7. The topological polar surface area (TPSA) is 70.5 Å². The molecule has 2 heterocycles. The van der Waals surface area contributed by atoms with Crippen LogP contribution in [0.15, 0.2) is 16.7 Å². The second-order valence-corrected chi connectivity index (χ2v) is 5.60. The van der Waals surface area contributed by atoms with E-state index in [1.807, 2.05) is 6.07 Å². The van der Waals surface area contributed by atoms with Gasteiger partial charge in [-0.05, 0) is 50.7 Å². The summed E-state index contributed by atoms with van der Waals surface area (Å²) >= 11 is 5.40. The molecule has 0 spiro atoms. The fraction of sp³-hybridized carbons (Fsp3) is 0.300. The highest BCUT2D eigenvalue weighted by molar-refractivity contribution is 14.1. The molecule has 1 aliphatic heterocycles. The fourth-order valence-electron chi connectivity index (χ4n) is 1.65. The van der Waals surface area contributed by atoms with Crippen LogP contribution in [0.5, 0.6) is 0 Å². The van der Waals surface area contributed by atoms with Crippen molar-refractivity contribution in [1.29, 1.82) is 0 Å². The number of carbonyl (C=O) groups excluding carboxylic acids is 1. The third kappa shape index (κ3) is 2.59. The first-order valence-corrected chi connectivity index (χ1v) is 6.71. The van der Waals surface area contributed by atoms with E-state index in [-0.39, 0.29) is 18.9 Å². The molecule has 2 rings (SSSR count). The number of hydrogen-bond acceptors (Lipinski definition) is 3. The van der Waals surface area contributed by atoms with Gasteiger partial charge in [-0.3, -0.25) is 14.5 Å². The number of hydrogen-bond donors (Lipinski definition) is 1. The van der Waals surface area contributed by atoms with Crippen molar-refractivity contribution in [1.82, 2.24) is 4.98 Å². The normalized spacial score (nSPS) is 19.8. The highest BCUT2D eigenvalue weighted by Crippen LogP contribution is 2.26. The lowest BCUT2D eigenvalue weighted by molar-refractivity contribution is -0.141. The first-order valence-electron chi connectivity index (χ1n) is 4.84. The van der Waals surface area contributed by atoms with Crippen molar-refractivity contribution < 1.29 is 14.7 Å². The Morgan fingerprint density at radius 1 is 1.59 bits per heavy atom. The van der Waals surface area contributed by atoms with Gasteiger partial charge < -0.3 is 5.11 Å². The Balaban J connectivity index is 2.26. The Morgan fingerprint density at radius 3 is 2.82 bits per heavy atom. The van der Waals surface area contributed by atoms with Crippen LogP contribution in [0, 0.1) is 9.49 Å². The van der Waals surface area contributed by atoms with Gasteiger partial charge in [0.1, 0.15) is 10.4 Å². The van der Waals surface area contributed by atoms with Crippen LogP contribution in [0.2, 0.25) is 0 Å². The first-order chi connectivity index (χ1) is 7.99. The summed E-state index contributed by atoms with van der Waals surface area (Å²) in [4.78, 5) is 28.2. The van der Waals surface area contributed by atoms with Crippen LogP contribution in [-0.2, 0) is 9.59 Å². The second-order valence-electron chi connectivity index (χ2n) is 3.69. The average Bonchev–Trinajstić information content (AvgIpc) is 2.65. The predicted octanol–water partition coefficient (Wildman–Crippen LogP) is 1.89. The van der Waals surface area contributed by atoms with E-state index in [1.54, 1.807) is 6.07 Å². The molecule has 0 aliphatic carbocycles. The highest BCUT2D eigenvalue weighted by atomic mass is 127. The molecule has 7 heteroatoms. The van der Waals surface area contributed by atoms with Crippen LogP contribution >= 0.6 is 38.5 Å². The Morgan fingerprint density at radius 2 is 2.29 bits per heavy atom. The molecule has 1 N–H and O–H groups in total. The number of carbonyl (C=O) groups is 2. The van der Waals surface area contributed by atoms with Gasteiger partial charge >= 0.3 is 5.97 Å². The molecular formula is C10H8BrIN2O3. The number of carboxylic acid groups (broad SMARTS) is 1. The van der Waals surface area contributed by atoms with Gasteiger partial charge in [0.25, 0.3) is 0 Å². The van der Waals surface area contributed by atoms with Crippen molar-refractivity contribution in [2.24, 2.45) is 5.92 Å². The van der Waals surface area contributed by atoms with Gasteiger partial charge in [0.2, 0.25) is 5.91 Å². The summed E-state index contributed by atoms with van der Waals surface area (Å²) in [6, 6.07) is 3.54. The molecule has 0 aromatic carbocycles. The van der Waals surface area contributed by atoms with E-state index in [0.717, 1.165) is 3.57 Å².